The van der Waals surface area contributed by atoms with Crippen LogP contribution in [-0.4, -0.2) is 17.6 Å². The minimum atomic E-state index is -0.256. The maximum atomic E-state index is 11.8. The number of benzene rings is 1. The maximum absolute atomic E-state index is 11.8. The molecule has 0 amide bonds. The minimum Gasteiger partial charge on any atom is -0.469 e. The Morgan fingerprint density at radius 2 is 2.11 bits per heavy atom. The monoisotopic (exact) mass is 245 g/mol. The van der Waals surface area contributed by atoms with E-state index in [9.17, 15) is 9.59 Å². The predicted octanol–water partition coefficient (Wildman–Crippen LogP) is 1.87. The van der Waals surface area contributed by atoms with Gasteiger partial charge >= 0.3 is 5.97 Å². The molecule has 4 nitrogen and oxygen atoms in total. The Hall–Kier alpha value is -2.10. The summed E-state index contributed by atoms with van der Waals surface area (Å²) in [5, 5.41) is 0.683. The Bertz CT molecular complexity index is 643. The molecule has 4 heteroatoms. The second-order valence-corrected chi connectivity index (χ2v) is 4.22. The van der Waals surface area contributed by atoms with Crippen LogP contribution in [0.3, 0.4) is 0 Å². The normalized spacial score (nSPS) is 10.6. The van der Waals surface area contributed by atoms with Crippen LogP contribution in [0.25, 0.3) is 10.9 Å². The molecule has 0 aliphatic rings. The summed E-state index contributed by atoms with van der Waals surface area (Å²) in [5.74, 6) is -0.256. The van der Waals surface area contributed by atoms with Gasteiger partial charge in [0, 0.05) is 24.2 Å². The molecule has 18 heavy (non-hydrogen) atoms. The smallest absolute Gasteiger partial charge is 0.307 e. The second kappa shape index (κ2) is 5.04. The number of ether oxygens (including phenoxy) is 1. The highest BCUT2D eigenvalue weighted by atomic mass is 16.5. The molecule has 0 saturated heterocycles. The third kappa shape index (κ3) is 2.42. The molecular formula is C14H15NO3. The summed E-state index contributed by atoms with van der Waals surface area (Å²) in [6, 6.07) is 7.26. The first-order valence-corrected chi connectivity index (χ1v) is 5.78. The predicted molar refractivity (Wildman–Crippen MR) is 69.6 cm³/mol. The molecule has 1 aromatic heterocycles. The molecular weight excluding hydrogens is 230 g/mol. The zero-order valence-electron chi connectivity index (χ0n) is 10.5. The van der Waals surface area contributed by atoms with Gasteiger partial charge in [-0.15, -0.1) is 0 Å². The molecule has 0 N–H and O–H groups in total. The third-order valence-electron chi connectivity index (χ3n) is 2.92. The maximum Gasteiger partial charge on any atom is 0.307 e. The summed E-state index contributed by atoms with van der Waals surface area (Å²) < 4.78 is 6.51. The zero-order valence-corrected chi connectivity index (χ0v) is 10.5. The lowest BCUT2D eigenvalue weighted by Gasteiger charge is -2.10. The molecule has 2 rings (SSSR count). The van der Waals surface area contributed by atoms with Gasteiger partial charge < -0.3 is 9.30 Å². The summed E-state index contributed by atoms with van der Waals surface area (Å²) in [6.07, 6.45) is 2.01. The van der Waals surface area contributed by atoms with E-state index < -0.39 is 0 Å². The summed E-state index contributed by atoms with van der Waals surface area (Å²) in [7, 11) is 1.37. The van der Waals surface area contributed by atoms with Crippen molar-refractivity contribution in [2.45, 2.75) is 19.9 Å². The number of carbonyl (C=O) groups is 1. The quantitative estimate of drug-likeness (QED) is 0.776. The van der Waals surface area contributed by atoms with Crippen molar-refractivity contribution in [3.05, 3.63) is 46.2 Å². The second-order valence-electron chi connectivity index (χ2n) is 4.22. The molecule has 94 valence electrons. The van der Waals surface area contributed by atoms with Gasteiger partial charge in [0.1, 0.15) is 0 Å². The van der Waals surface area contributed by atoms with Gasteiger partial charge in [0.15, 0.2) is 5.43 Å². The van der Waals surface area contributed by atoms with E-state index in [2.05, 4.69) is 4.74 Å². The number of hydrogen-bond donors (Lipinski definition) is 0. The van der Waals surface area contributed by atoms with Crippen LogP contribution in [0.2, 0.25) is 0 Å². The summed E-state index contributed by atoms with van der Waals surface area (Å²) in [6.45, 7) is 2.46. The molecule has 0 bridgehead atoms. The lowest BCUT2D eigenvalue weighted by molar-refractivity contribution is -0.140. The van der Waals surface area contributed by atoms with Crippen LogP contribution in [0, 0.1) is 6.92 Å². The van der Waals surface area contributed by atoms with Crippen LogP contribution in [0.1, 0.15) is 12.0 Å². The molecule has 0 fully saturated rings. The lowest BCUT2D eigenvalue weighted by Crippen LogP contribution is -2.11. The molecule has 2 aromatic rings. The Balaban J connectivity index is 2.43. The van der Waals surface area contributed by atoms with Crippen molar-refractivity contribution in [2.75, 3.05) is 7.11 Å². The number of rotatable bonds is 3. The third-order valence-corrected chi connectivity index (χ3v) is 2.92. The summed E-state index contributed by atoms with van der Waals surface area (Å²) in [5.41, 5.74) is 1.89. The fourth-order valence-corrected chi connectivity index (χ4v) is 1.93. The van der Waals surface area contributed by atoms with E-state index in [1.54, 1.807) is 6.20 Å². The van der Waals surface area contributed by atoms with Crippen molar-refractivity contribution in [1.29, 1.82) is 0 Å². The van der Waals surface area contributed by atoms with Gasteiger partial charge in [-0.2, -0.15) is 0 Å². The van der Waals surface area contributed by atoms with E-state index >= 15 is 0 Å². The van der Waals surface area contributed by atoms with Gasteiger partial charge in [-0.1, -0.05) is 11.6 Å². The standard InChI is InChI=1S/C14H15NO3/c1-10-3-4-12-11(9-10)13(16)5-7-15(12)8-6-14(17)18-2/h3-5,7,9H,6,8H2,1-2H3. The number of pyridine rings is 1. The highest BCUT2D eigenvalue weighted by molar-refractivity contribution is 5.79. The Kier molecular flexibility index (Phi) is 3.46. The number of aromatic nitrogens is 1. The summed E-state index contributed by atoms with van der Waals surface area (Å²) >= 11 is 0. The van der Waals surface area contributed by atoms with Crippen molar-refractivity contribution in [3.63, 3.8) is 0 Å². The first kappa shape index (κ1) is 12.4. The van der Waals surface area contributed by atoms with Gasteiger partial charge in [0.25, 0.3) is 0 Å². The van der Waals surface area contributed by atoms with Crippen LogP contribution in [-0.2, 0) is 16.1 Å². The Labute approximate surface area is 105 Å². The average Bonchev–Trinajstić information content (AvgIpc) is 2.38. The number of methoxy groups -OCH3 is 1. The van der Waals surface area contributed by atoms with E-state index in [1.807, 2.05) is 29.7 Å². The van der Waals surface area contributed by atoms with Gasteiger partial charge in [0.05, 0.1) is 19.0 Å². The SMILES string of the molecule is COC(=O)CCn1ccc(=O)c2cc(C)ccc21. The van der Waals surface area contributed by atoms with E-state index in [0.717, 1.165) is 11.1 Å². The Morgan fingerprint density at radius 3 is 2.83 bits per heavy atom. The minimum absolute atomic E-state index is 0.00279. The molecule has 0 spiro atoms. The number of nitrogens with zero attached hydrogens (tertiary/aromatic N) is 1. The van der Waals surface area contributed by atoms with Crippen molar-refractivity contribution in [1.82, 2.24) is 4.57 Å². The first-order chi connectivity index (χ1) is 8.61. The molecule has 0 radical (unpaired) electrons. The molecule has 0 aliphatic carbocycles. The van der Waals surface area contributed by atoms with Gasteiger partial charge in [-0.25, -0.2) is 0 Å². The average molecular weight is 245 g/mol. The summed E-state index contributed by atoms with van der Waals surface area (Å²) in [4.78, 5) is 22.9. The number of hydrogen-bond acceptors (Lipinski definition) is 3. The van der Waals surface area contributed by atoms with E-state index in [4.69, 9.17) is 0 Å². The van der Waals surface area contributed by atoms with Gasteiger partial charge in [0.2, 0.25) is 0 Å². The van der Waals surface area contributed by atoms with Crippen LogP contribution >= 0.6 is 0 Å². The van der Waals surface area contributed by atoms with Crippen LogP contribution < -0.4 is 5.43 Å². The number of carbonyl (C=O) groups excluding carboxylic acids is 1. The van der Waals surface area contributed by atoms with E-state index in [0.29, 0.717) is 18.4 Å². The van der Waals surface area contributed by atoms with E-state index in [-0.39, 0.29) is 11.4 Å². The van der Waals surface area contributed by atoms with Crippen molar-refractivity contribution < 1.29 is 9.53 Å². The van der Waals surface area contributed by atoms with E-state index in [1.165, 1.54) is 13.2 Å². The van der Waals surface area contributed by atoms with Crippen molar-refractivity contribution in [3.8, 4) is 0 Å². The van der Waals surface area contributed by atoms with Crippen LogP contribution in [0.15, 0.2) is 35.3 Å². The molecule has 1 heterocycles. The number of esters is 1. The fraction of sp³-hybridized carbons (Fsp3) is 0.286. The Morgan fingerprint density at radius 1 is 1.33 bits per heavy atom. The molecule has 0 saturated carbocycles. The number of fused-ring (bicyclic) bond motifs is 1. The van der Waals surface area contributed by atoms with Gasteiger partial charge in [-0.3, -0.25) is 9.59 Å². The zero-order chi connectivity index (χ0) is 13.1. The fourth-order valence-electron chi connectivity index (χ4n) is 1.93. The van der Waals surface area contributed by atoms with Crippen LogP contribution in [0.5, 0.6) is 0 Å². The largest absolute Gasteiger partial charge is 0.469 e. The first-order valence-electron chi connectivity index (χ1n) is 5.78. The molecule has 0 atom stereocenters. The van der Waals surface area contributed by atoms with Crippen LogP contribution in [0.4, 0.5) is 0 Å². The van der Waals surface area contributed by atoms with Crippen molar-refractivity contribution >= 4 is 16.9 Å². The molecule has 0 unspecified atom stereocenters. The van der Waals surface area contributed by atoms with Crippen molar-refractivity contribution in [2.24, 2.45) is 0 Å². The van der Waals surface area contributed by atoms with Gasteiger partial charge in [-0.05, 0) is 19.1 Å². The highest BCUT2D eigenvalue weighted by Crippen LogP contribution is 2.12. The molecule has 1 aromatic carbocycles. The highest BCUT2D eigenvalue weighted by Gasteiger charge is 2.05. The topological polar surface area (TPSA) is 48.3 Å². The lowest BCUT2D eigenvalue weighted by atomic mass is 10.1. The number of aryl methyl sites for hydroxylation is 2. The molecule has 0 aliphatic heterocycles.